The molecule has 0 bridgehead atoms. The summed E-state index contributed by atoms with van der Waals surface area (Å²) < 4.78 is 12.7. The molecule has 4 rings (SSSR count). The minimum absolute atomic E-state index is 0.0264. The van der Waals surface area contributed by atoms with Crippen LogP contribution in [0, 0.1) is 11.8 Å². The number of amides is 1. The lowest BCUT2D eigenvalue weighted by molar-refractivity contribution is -0.124. The van der Waals surface area contributed by atoms with Crippen LogP contribution in [0.5, 0.6) is 5.75 Å². The largest absolute Gasteiger partial charge is 0.487 e. The molecule has 0 unspecified atom stereocenters. The molecular weight excluding hydrogens is 476 g/mol. The van der Waals surface area contributed by atoms with Gasteiger partial charge in [0.2, 0.25) is 5.91 Å². The van der Waals surface area contributed by atoms with Crippen LogP contribution in [0.25, 0.3) is 5.69 Å². The van der Waals surface area contributed by atoms with E-state index in [0.29, 0.717) is 24.1 Å². The number of benzene rings is 1. The van der Waals surface area contributed by atoms with Crippen molar-refractivity contribution in [3.05, 3.63) is 52.6 Å². The molecule has 0 spiro atoms. The number of esters is 1. The van der Waals surface area contributed by atoms with Gasteiger partial charge in [-0.15, -0.1) is 16.4 Å². The van der Waals surface area contributed by atoms with Gasteiger partial charge in [0.25, 0.3) is 0 Å². The maximum Gasteiger partial charge on any atom is 0.343 e. The molecule has 1 fully saturated rings. The van der Waals surface area contributed by atoms with E-state index in [-0.39, 0.29) is 30.0 Å². The Hall–Kier alpha value is -3.20. The Bertz CT molecular complexity index is 1150. The Morgan fingerprint density at radius 3 is 2.50 bits per heavy atom. The minimum Gasteiger partial charge on any atom is -0.487 e. The zero-order chi connectivity index (χ0) is 25.7. The Balaban J connectivity index is 1.61. The summed E-state index contributed by atoms with van der Waals surface area (Å²) in [5.74, 6) is 1.17. The van der Waals surface area contributed by atoms with Crippen molar-refractivity contribution in [1.29, 1.82) is 0 Å². The van der Waals surface area contributed by atoms with Gasteiger partial charge in [0.05, 0.1) is 23.5 Å². The first-order valence-corrected chi connectivity index (χ1v) is 13.5. The predicted octanol–water partition coefficient (Wildman–Crippen LogP) is 5.65. The van der Waals surface area contributed by atoms with Crippen molar-refractivity contribution in [2.75, 3.05) is 11.5 Å². The number of rotatable bonds is 9. The van der Waals surface area contributed by atoms with Gasteiger partial charge in [0.15, 0.2) is 5.82 Å². The Labute approximate surface area is 216 Å². The van der Waals surface area contributed by atoms with Crippen LogP contribution in [-0.2, 0) is 16.1 Å². The quantitative estimate of drug-likeness (QED) is 0.346. The molecule has 8 nitrogen and oxygen atoms in total. The third kappa shape index (κ3) is 5.95. The van der Waals surface area contributed by atoms with Crippen LogP contribution in [0.2, 0.25) is 0 Å². The molecule has 0 radical (unpaired) electrons. The van der Waals surface area contributed by atoms with Crippen molar-refractivity contribution in [2.24, 2.45) is 11.8 Å². The fourth-order valence-electron chi connectivity index (χ4n) is 4.50. The molecular formula is C27H34N4O4S. The van der Waals surface area contributed by atoms with Gasteiger partial charge < -0.3 is 9.47 Å². The average Bonchev–Trinajstić information content (AvgIpc) is 3.54. The van der Waals surface area contributed by atoms with E-state index in [9.17, 15) is 9.59 Å². The summed E-state index contributed by atoms with van der Waals surface area (Å²) in [4.78, 5) is 32.4. The van der Waals surface area contributed by atoms with E-state index in [2.05, 4.69) is 11.9 Å². The van der Waals surface area contributed by atoms with Crippen molar-refractivity contribution in [3.8, 4) is 11.4 Å². The lowest BCUT2D eigenvalue weighted by Gasteiger charge is -2.32. The highest BCUT2D eigenvalue weighted by Crippen LogP contribution is 2.33. The summed E-state index contributed by atoms with van der Waals surface area (Å²) in [5, 5.41) is 6.67. The summed E-state index contributed by atoms with van der Waals surface area (Å²) in [5.41, 5.74) is 3.69. The molecule has 192 valence electrons. The lowest BCUT2D eigenvalue weighted by Crippen LogP contribution is -2.43. The van der Waals surface area contributed by atoms with Crippen molar-refractivity contribution in [1.82, 2.24) is 14.8 Å². The van der Waals surface area contributed by atoms with Gasteiger partial charge in [-0.05, 0) is 76.6 Å². The summed E-state index contributed by atoms with van der Waals surface area (Å²) in [6.07, 6.45) is 5.45. The Morgan fingerprint density at radius 2 is 1.89 bits per heavy atom. The number of carbonyl (C=O) groups is 2. The first-order chi connectivity index (χ1) is 17.4. The van der Waals surface area contributed by atoms with Crippen LogP contribution in [0.4, 0.5) is 5.82 Å². The van der Waals surface area contributed by atoms with E-state index in [1.807, 2.05) is 43.5 Å². The van der Waals surface area contributed by atoms with E-state index in [0.717, 1.165) is 37.1 Å². The molecule has 1 amide bonds. The topological polar surface area (TPSA) is 86.6 Å². The lowest BCUT2D eigenvalue weighted by atomic mass is 9.82. The molecule has 9 heteroatoms. The molecule has 3 aromatic rings. The number of hydrogen-bond acceptors (Lipinski definition) is 7. The van der Waals surface area contributed by atoms with Gasteiger partial charge >= 0.3 is 5.97 Å². The van der Waals surface area contributed by atoms with Crippen LogP contribution in [0.1, 0.15) is 69.4 Å². The normalized spacial score (nSPS) is 17.7. The monoisotopic (exact) mass is 510 g/mol. The third-order valence-corrected chi connectivity index (χ3v) is 7.14. The van der Waals surface area contributed by atoms with Crippen LogP contribution in [0.3, 0.4) is 0 Å². The first-order valence-electron chi connectivity index (χ1n) is 12.6. The highest BCUT2D eigenvalue weighted by atomic mass is 32.1. The maximum atomic E-state index is 13.6. The SMILES string of the molecule is CCOC(=O)c1cn(-c2ccc(OCc3cscn3)cc2)nc1N(C(=O)C1CCC(C)CC1)C(C)C. The molecule has 1 aliphatic rings. The van der Waals surface area contributed by atoms with E-state index < -0.39 is 5.97 Å². The second-order valence-electron chi connectivity index (χ2n) is 9.55. The third-order valence-electron chi connectivity index (χ3n) is 6.51. The van der Waals surface area contributed by atoms with Gasteiger partial charge in [-0.25, -0.2) is 14.5 Å². The number of nitrogens with zero attached hydrogens (tertiary/aromatic N) is 4. The Kier molecular flexibility index (Phi) is 8.40. The maximum absolute atomic E-state index is 13.6. The van der Waals surface area contributed by atoms with Crippen LogP contribution < -0.4 is 9.64 Å². The summed E-state index contributed by atoms with van der Waals surface area (Å²) in [7, 11) is 0. The zero-order valence-corrected chi connectivity index (χ0v) is 22.2. The standard InChI is InChI=1S/C27H34N4O4S/c1-5-34-27(33)24-14-30(22-10-12-23(13-11-22)35-15-21-16-36-17-28-21)29-25(24)31(18(2)3)26(32)20-8-6-19(4)7-9-20/h10-14,16-20H,5-9,15H2,1-4H3. The number of ether oxygens (including phenoxy) is 2. The van der Waals surface area contributed by atoms with E-state index >= 15 is 0 Å². The molecule has 1 aliphatic carbocycles. The predicted molar refractivity (Wildman–Crippen MR) is 140 cm³/mol. The zero-order valence-electron chi connectivity index (χ0n) is 21.3. The molecule has 0 atom stereocenters. The second kappa shape index (κ2) is 11.7. The number of carbonyl (C=O) groups excluding carboxylic acids is 2. The van der Waals surface area contributed by atoms with Crippen LogP contribution in [-0.4, -0.2) is 39.3 Å². The van der Waals surface area contributed by atoms with Crippen molar-refractivity contribution < 1.29 is 19.1 Å². The number of aromatic nitrogens is 3. The fraction of sp³-hybridized carbons (Fsp3) is 0.481. The van der Waals surface area contributed by atoms with Crippen molar-refractivity contribution >= 4 is 29.0 Å². The smallest absolute Gasteiger partial charge is 0.343 e. The summed E-state index contributed by atoms with van der Waals surface area (Å²) in [6, 6.07) is 7.27. The minimum atomic E-state index is -0.488. The molecule has 0 saturated heterocycles. The number of thiazole rings is 1. The van der Waals surface area contributed by atoms with E-state index in [1.165, 1.54) is 11.3 Å². The highest BCUT2D eigenvalue weighted by Gasteiger charge is 2.34. The molecule has 0 N–H and O–H groups in total. The van der Waals surface area contributed by atoms with Crippen LogP contribution in [0.15, 0.2) is 41.4 Å². The van der Waals surface area contributed by atoms with Crippen LogP contribution >= 0.6 is 11.3 Å². The van der Waals surface area contributed by atoms with Crippen molar-refractivity contribution in [2.45, 2.75) is 66.0 Å². The molecule has 36 heavy (non-hydrogen) atoms. The van der Waals surface area contributed by atoms with Gasteiger partial charge in [0.1, 0.15) is 17.9 Å². The van der Waals surface area contributed by atoms with E-state index in [4.69, 9.17) is 14.6 Å². The van der Waals surface area contributed by atoms with E-state index in [1.54, 1.807) is 28.2 Å². The number of hydrogen-bond donors (Lipinski definition) is 0. The van der Waals surface area contributed by atoms with Crippen molar-refractivity contribution in [3.63, 3.8) is 0 Å². The van der Waals surface area contributed by atoms with Gasteiger partial charge in [-0.1, -0.05) is 6.92 Å². The highest BCUT2D eigenvalue weighted by molar-refractivity contribution is 7.07. The Morgan fingerprint density at radius 1 is 1.17 bits per heavy atom. The number of anilines is 1. The first kappa shape index (κ1) is 25.9. The molecule has 1 saturated carbocycles. The second-order valence-corrected chi connectivity index (χ2v) is 10.3. The van der Waals surface area contributed by atoms with Gasteiger partial charge in [-0.2, -0.15) is 0 Å². The molecule has 1 aromatic carbocycles. The molecule has 2 heterocycles. The average molecular weight is 511 g/mol. The molecule has 2 aromatic heterocycles. The fourth-order valence-corrected chi connectivity index (χ4v) is 5.04. The summed E-state index contributed by atoms with van der Waals surface area (Å²) in [6.45, 7) is 8.53. The van der Waals surface area contributed by atoms with Gasteiger partial charge in [0, 0.05) is 23.5 Å². The molecule has 0 aliphatic heterocycles. The summed E-state index contributed by atoms with van der Waals surface area (Å²) >= 11 is 1.53. The van der Waals surface area contributed by atoms with Gasteiger partial charge in [-0.3, -0.25) is 9.69 Å².